The molecule has 2 N–H and O–H groups in total. The minimum absolute atomic E-state index is 0.0543. The summed E-state index contributed by atoms with van der Waals surface area (Å²) in [6.45, 7) is -0.200. The van der Waals surface area contributed by atoms with Crippen LogP contribution >= 0.6 is 0 Å². The molecule has 0 heterocycles. The maximum Gasteiger partial charge on any atom is 0.259 e. The largest absolute Gasteiger partial charge is 0.484 e. The SMILES string of the molecule is CN(C)C(=O)COc1ccc(NC(=O)CNC(=O)/C=C/c2ccccc2)cc1. The predicted molar refractivity (Wildman–Crippen MR) is 108 cm³/mol. The number of anilines is 1. The Hall–Kier alpha value is -3.61. The molecule has 0 atom stereocenters. The lowest BCUT2D eigenvalue weighted by atomic mass is 10.2. The van der Waals surface area contributed by atoms with Crippen LogP contribution in [0.15, 0.2) is 60.7 Å². The number of hydrogen-bond donors (Lipinski definition) is 2. The summed E-state index contributed by atoms with van der Waals surface area (Å²) in [6.07, 6.45) is 3.05. The van der Waals surface area contributed by atoms with E-state index in [9.17, 15) is 14.4 Å². The van der Waals surface area contributed by atoms with Gasteiger partial charge >= 0.3 is 0 Å². The molecule has 0 radical (unpaired) electrons. The summed E-state index contributed by atoms with van der Waals surface area (Å²) in [5.41, 5.74) is 1.46. The number of nitrogens with one attached hydrogen (secondary N) is 2. The Bertz CT molecular complexity index is 830. The zero-order valence-corrected chi connectivity index (χ0v) is 15.8. The average molecular weight is 381 g/mol. The molecule has 0 aliphatic heterocycles. The molecule has 0 saturated carbocycles. The monoisotopic (exact) mass is 381 g/mol. The first kappa shape index (κ1) is 20.7. The van der Waals surface area contributed by atoms with E-state index in [4.69, 9.17) is 4.74 Å². The molecule has 0 bridgehead atoms. The first-order valence-electron chi connectivity index (χ1n) is 8.68. The van der Waals surface area contributed by atoms with Crippen molar-refractivity contribution in [2.24, 2.45) is 0 Å². The maximum absolute atomic E-state index is 11.9. The van der Waals surface area contributed by atoms with Gasteiger partial charge in [0.05, 0.1) is 6.54 Å². The minimum Gasteiger partial charge on any atom is -0.484 e. The van der Waals surface area contributed by atoms with Gasteiger partial charge in [0.2, 0.25) is 11.8 Å². The van der Waals surface area contributed by atoms with Crippen LogP contribution in [-0.4, -0.2) is 49.9 Å². The quantitative estimate of drug-likeness (QED) is 0.684. The molecule has 0 saturated heterocycles. The Labute approximate surface area is 164 Å². The van der Waals surface area contributed by atoms with Crippen molar-refractivity contribution in [2.45, 2.75) is 0 Å². The molecule has 3 amide bonds. The smallest absolute Gasteiger partial charge is 0.259 e. The number of carbonyl (C=O) groups excluding carboxylic acids is 3. The van der Waals surface area contributed by atoms with Gasteiger partial charge in [0.1, 0.15) is 5.75 Å². The molecule has 2 aromatic carbocycles. The molecule has 0 spiro atoms. The fourth-order valence-electron chi connectivity index (χ4n) is 2.08. The van der Waals surface area contributed by atoms with Gasteiger partial charge in [0, 0.05) is 25.9 Å². The topological polar surface area (TPSA) is 87.7 Å². The number of ether oxygens (including phenoxy) is 1. The van der Waals surface area contributed by atoms with Gasteiger partial charge in [0.25, 0.3) is 5.91 Å². The van der Waals surface area contributed by atoms with E-state index in [2.05, 4.69) is 10.6 Å². The van der Waals surface area contributed by atoms with Crippen LogP contribution in [0.5, 0.6) is 5.75 Å². The van der Waals surface area contributed by atoms with Crippen molar-refractivity contribution >= 4 is 29.5 Å². The molecular weight excluding hydrogens is 358 g/mol. The number of nitrogens with zero attached hydrogens (tertiary/aromatic N) is 1. The zero-order chi connectivity index (χ0) is 20.4. The summed E-state index contributed by atoms with van der Waals surface area (Å²) in [4.78, 5) is 36.6. The first-order valence-corrected chi connectivity index (χ1v) is 8.68. The Morgan fingerprint density at radius 2 is 1.68 bits per heavy atom. The van der Waals surface area contributed by atoms with Crippen molar-refractivity contribution in [1.29, 1.82) is 0 Å². The van der Waals surface area contributed by atoms with Crippen LogP contribution in [0, 0.1) is 0 Å². The van der Waals surface area contributed by atoms with Crippen LogP contribution in [0.2, 0.25) is 0 Å². The fraction of sp³-hybridized carbons (Fsp3) is 0.190. The summed E-state index contributed by atoms with van der Waals surface area (Å²) in [5.74, 6) is -0.326. The molecule has 0 aliphatic carbocycles. The lowest BCUT2D eigenvalue weighted by Gasteiger charge is -2.11. The van der Waals surface area contributed by atoms with Crippen LogP contribution in [0.3, 0.4) is 0 Å². The minimum atomic E-state index is -0.353. The summed E-state index contributed by atoms with van der Waals surface area (Å²) in [5, 5.41) is 5.20. The van der Waals surface area contributed by atoms with Crippen LogP contribution in [0.1, 0.15) is 5.56 Å². The molecule has 2 rings (SSSR count). The standard InChI is InChI=1S/C21H23N3O4/c1-24(2)21(27)15-28-18-11-9-17(10-12-18)23-20(26)14-22-19(25)13-8-16-6-4-3-5-7-16/h3-13H,14-15H2,1-2H3,(H,22,25)(H,23,26)/b13-8+. The molecule has 0 fully saturated rings. The van der Waals surface area contributed by atoms with E-state index in [-0.39, 0.29) is 30.9 Å². The van der Waals surface area contributed by atoms with E-state index >= 15 is 0 Å². The molecule has 2 aromatic rings. The van der Waals surface area contributed by atoms with E-state index in [0.717, 1.165) is 5.56 Å². The van der Waals surface area contributed by atoms with Crippen molar-refractivity contribution < 1.29 is 19.1 Å². The second kappa shape index (κ2) is 10.5. The third kappa shape index (κ3) is 7.33. The molecule has 28 heavy (non-hydrogen) atoms. The lowest BCUT2D eigenvalue weighted by molar-refractivity contribution is -0.130. The number of rotatable bonds is 8. The van der Waals surface area contributed by atoms with Gasteiger partial charge in [-0.2, -0.15) is 0 Å². The number of likely N-dealkylation sites (N-methyl/N-ethyl adjacent to an activating group) is 1. The van der Waals surface area contributed by atoms with Crippen molar-refractivity contribution in [3.63, 3.8) is 0 Å². The third-order valence-corrected chi connectivity index (χ3v) is 3.65. The lowest BCUT2D eigenvalue weighted by Crippen LogP contribution is -2.31. The summed E-state index contributed by atoms with van der Waals surface area (Å²) >= 11 is 0. The molecule has 146 valence electrons. The zero-order valence-electron chi connectivity index (χ0n) is 15.8. The van der Waals surface area contributed by atoms with Gasteiger partial charge in [-0.05, 0) is 35.9 Å². The number of amides is 3. The van der Waals surface area contributed by atoms with Gasteiger partial charge in [-0.15, -0.1) is 0 Å². The fourth-order valence-corrected chi connectivity index (χ4v) is 2.08. The molecule has 0 aliphatic rings. The summed E-state index contributed by atoms with van der Waals surface area (Å²) in [6, 6.07) is 16.0. The average Bonchev–Trinajstić information content (AvgIpc) is 2.70. The van der Waals surface area contributed by atoms with Gasteiger partial charge in [-0.25, -0.2) is 0 Å². The molecule has 0 aromatic heterocycles. The van der Waals surface area contributed by atoms with Crippen LogP contribution < -0.4 is 15.4 Å². The van der Waals surface area contributed by atoms with E-state index in [0.29, 0.717) is 11.4 Å². The molecule has 0 unspecified atom stereocenters. The molecular formula is C21H23N3O4. The second-order valence-corrected chi connectivity index (χ2v) is 6.11. The highest BCUT2D eigenvalue weighted by molar-refractivity contribution is 5.98. The van der Waals surface area contributed by atoms with Crippen LogP contribution in [0.25, 0.3) is 6.08 Å². The number of hydrogen-bond acceptors (Lipinski definition) is 4. The summed E-state index contributed by atoms with van der Waals surface area (Å²) < 4.78 is 5.36. The number of carbonyl (C=O) groups is 3. The van der Waals surface area contributed by atoms with Gasteiger partial charge in [0.15, 0.2) is 6.61 Å². The number of benzene rings is 2. The van der Waals surface area contributed by atoms with Crippen molar-refractivity contribution in [3.05, 3.63) is 66.2 Å². The highest BCUT2D eigenvalue weighted by atomic mass is 16.5. The van der Waals surface area contributed by atoms with Gasteiger partial charge in [-0.1, -0.05) is 30.3 Å². The van der Waals surface area contributed by atoms with Crippen molar-refractivity contribution in [2.75, 3.05) is 32.6 Å². The third-order valence-electron chi connectivity index (χ3n) is 3.65. The second-order valence-electron chi connectivity index (χ2n) is 6.11. The van der Waals surface area contributed by atoms with Gasteiger partial charge < -0.3 is 20.3 Å². The van der Waals surface area contributed by atoms with Crippen molar-refractivity contribution in [3.8, 4) is 5.75 Å². The Kier molecular flexibility index (Phi) is 7.77. The molecule has 7 nitrogen and oxygen atoms in total. The Morgan fingerprint density at radius 3 is 2.32 bits per heavy atom. The summed E-state index contributed by atoms with van der Waals surface area (Å²) in [7, 11) is 3.31. The Balaban J connectivity index is 1.74. The first-order chi connectivity index (χ1) is 13.4. The Morgan fingerprint density at radius 1 is 1.00 bits per heavy atom. The highest BCUT2D eigenvalue weighted by Crippen LogP contribution is 2.15. The van der Waals surface area contributed by atoms with E-state index < -0.39 is 0 Å². The van der Waals surface area contributed by atoms with E-state index in [1.807, 2.05) is 30.3 Å². The van der Waals surface area contributed by atoms with Gasteiger partial charge in [-0.3, -0.25) is 14.4 Å². The van der Waals surface area contributed by atoms with Crippen molar-refractivity contribution in [1.82, 2.24) is 10.2 Å². The highest BCUT2D eigenvalue weighted by Gasteiger charge is 2.06. The maximum atomic E-state index is 11.9. The predicted octanol–water partition coefficient (Wildman–Crippen LogP) is 1.92. The normalized spacial score (nSPS) is 10.4. The van der Waals surface area contributed by atoms with Crippen LogP contribution in [-0.2, 0) is 14.4 Å². The van der Waals surface area contributed by atoms with E-state index in [1.54, 1.807) is 44.4 Å². The van der Waals surface area contributed by atoms with E-state index in [1.165, 1.54) is 11.0 Å². The molecule has 7 heteroatoms. The van der Waals surface area contributed by atoms with Crippen LogP contribution in [0.4, 0.5) is 5.69 Å².